The minimum atomic E-state index is 0.122. The van der Waals surface area contributed by atoms with Crippen molar-refractivity contribution in [2.75, 3.05) is 25.7 Å². The second-order valence-electron chi connectivity index (χ2n) is 4.24. The number of benzene rings is 1. The van der Waals surface area contributed by atoms with Crippen molar-refractivity contribution in [3.05, 3.63) is 29.8 Å². The van der Waals surface area contributed by atoms with E-state index in [0.717, 1.165) is 17.7 Å². The number of rotatable bonds is 6. The zero-order valence-corrected chi connectivity index (χ0v) is 11.1. The van der Waals surface area contributed by atoms with Crippen molar-refractivity contribution in [2.45, 2.75) is 19.4 Å². The van der Waals surface area contributed by atoms with Gasteiger partial charge in [0.1, 0.15) is 0 Å². The van der Waals surface area contributed by atoms with E-state index in [2.05, 4.69) is 17.0 Å². The molecule has 0 aliphatic carbocycles. The average Bonchev–Trinajstić information content (AvgIpc) is 2.43. The van der Waals surface area contributed by atoms with Crippen LogP contribution in [0.5, 0.6) is 0 Å². The van der Waals surface area contributed by atoms with Crippen LogP contribution in [-0.4, -0.2) is 37.8 Å². The Bertz CT molecular complexity index is 407. The molecule has 1 rings (SSSR count). The average molecular weight is 251 g/mol. The highest BCUT2D eigenvalue weighted by Gasteiger charge is 2.15. The molecule has 0 aliphatic rings. The topological polar surface area (TPSA) is 71.1 Å². The second kappa shape index (κ2) is 6.86. The van der Waals surface area contributed by atoms with Crippen molar-refractivity contribution >= 4 is 11.5 Å². The van der Waals surface area contributed by atoms with E-state index in [-0.39, 0.29) is 5.84 Å². The first-order valence-electron chi connectivity index (χ1n) is 5.90. The molecule has 0 aromatic heterocycles. The van der Waals surface area contributed by atoms with E-state index in [1.807, 2.05) is 31.3 Å². The van der Waals surface area contributed by atoms with Crippen LogP contribution in [0, 0.1) is 0 Å². The minimum absolute atomic E-state index is 0.122. The Balaban J connectivity index is 2.94. The highest BCUT2D eigenvalue weighted by atomic mass is 16.5. The van der Waals surface area contributed by atoms with Crippen LogP contribution in [0.15, 0.2) is 29.4 Å². The van der Waals surface area contributed by atoms with Gasteiger partial charge < -0.3 is 20.6 Å². The molecule has 0 bridgehead atoms. The first-order chi connectivity index (χ1) is 8.61. The molecule has 5 heteroatoms. The molecule has 1 atom stereocenters. The number of para-hydroxylation sites is 1. The van der Waals surface area contributed by atoms with Gasteiger partial charge in [-0.3, -0.25) is 0 Å². The molecule has 1 aromatic carbocycles. The molecule has 5 nitrogen and oxygen atoms in total. The van der Waals surface area contributed by atoms with Crippen molar-refractivity contribution in [3.63, 3.8) is 0 Å². The molecule has 0 aliphatic heterocycles. The SMILES string of the molecule is COCCC(C)N(C)c1ccccc1/C(N)=N/O. The Hall–Kier alpha value is -1.75. The van der Waals surface area contributed by atoms with E-state index in [9.17, 15) is 0 Å². The van der Waals surface area contributed by atoms with Crippen molar-refractivity contribution in [3.8, 4) is 0 Å². The molecular weight excluding hydrogens is 230 g/mol. The summed E-state index contributed by atoms with van der Waals surface area (Å²) in [7, 11) is 3.68. The number of oxime groups is 1. The number of hydrogen-bond acceptors (Lipinski definition) is 4. The summed E-state index contributed by atoms with van der Waals surface area (Å²) in [4.78, 5) is 2.10. The fourth-order valence-electron chi connectivity index (χ4n) is 1.77. The van der Waals surface area contributed by atoms with Crippen LogP contribution in [0.25, 0.3) is 0 Å². The highest BCUT2D eigenvalue weighted by Crippen LogP contribution is 2.21. The van der Waals surface area contributed by atoms with E-state index in [1.54, 1.807) is 7.11 Å². The number of nitrogens with zero attached hydrogens (tertiary/aromatic N) is 2. The normalized spacial score (nSPS) is 13.4. The third-order valence-corrected chi connectivity index (χ3v) is 3.07. The third-order valence-electron chi connectivity index (χ3n) is 3.07. The molecule has 18 heavy (non-hydrogen) atoms. The van der Waals surface area contributed by atoms with Crippen LogP contribution in [0.4, 0.5) is 5.69 Å². The van der Waals surface area contributed by atoms with E-state index in [0.29, 0.717) is 12.6 Å². The van der Waals surface area contributed by atoms with Crippen LogP contribution in [-0.2, 0) is 4.74 Å². The lowest BCUT2D eigenvalue weighted by Crippen LogP contribution is -2.32. The van der Waals surface area contributed by atoms with Crippen LogP contribution >= 0.6 is 0 Å². The number of hydrogen-bond donors (Lipinski definition) is 2. The predicted molar refractivity (Wildman–Crippen MR) is 73.3 cm³/mol. The first kappa shape index (κ1) is 14.3. The summed E-state index contributed by atoms with van der Waals surface area (Å²) in [5, 5.41) is 11.9. The summed E-state index contributed by atoms with van der Waals surface area (Å²) < 4.78 is 5.08. The highest BCUT2D eigenvalue weighted by molar-refractivity contribution is 6.02. The molecule has 0 spiro atoms. The van der Waals surface area contributed by atoms with Gasteiger partial charge in [-0.05, 0) is 25.5 Å². The smallest absolute Gasteiger partial charge is 0.172 e. The Kier molecular flexibility index (Phi) is 5.45. The zero-order valence-electron chi connectivity index (χ0n) is 11.1. The molecule has 0 amide bonds. The Morgan fingerprint density at radius 3 is 2.78 bits per heavy atom. The quantitative estimate of drug-likeness (QED) is 0.349. The molecule has 0 heterocycles. The molecule has 3 N–H and O–H groups in total. The first-order valence-corrected chi connectivity index (χ1v) is 5.90. The molecular formula is C13H21N3O2. The van der Waals surface area contributed by atoms with Gasteiger partial charge in [0, 0.05) is 38.1 Å². The predicted octanol–water partition coefficient (Wildman–Crippen LogP) is 1.64. The van der Waals surface area contributed by atoms with Gasteiger partial charge in [-0.15, -0.1) is 0 Å². The summed E-state index contributed by atoms with van der Waals surface area (Å²) in [6.45, 7) is 2.82. The Morgan fingerprint density at radius 2 is 2.17 bits per heavy atom. The summed E-state index contributed by atoms with van der Waals surface area (Å²) in [5.41, 5.74) is 7.35. The van der Waals surface area contributed by atoms with Gasteiger partial charge >= 0.3 is 0 Å². The zero-order chi connectivity index (χ0) is 13.5. The molecule has 1 aromatic rings. The monoisotopic (exact) mass is 251 g/mol. The molecule has 0 fully saturated rings. The maximum absolute atomic E-state index is 8.80. The van der Waals surface area contributed by atoms with Crippen LogP contribution in [0.3, 0.4) is 0 Å². The van der Waals surface area contributed by atoms with Crippen molar-refractivity contribution < 1.29 is 9.94 Å². The maximum Gasteiger partial charge on any atom is 0.172 e. The van der Waals surface area contributed by atoms with Crippen LogP contribution in [0.1, 0.15) is 18.9 Å². The summed E-state index contributed by atoms with van der Waals surface area (Å²) in [6, 6.07) is 7.89. The van der Waals surface area contributed by atoms with Crippen molar-refractivity contribution in [1.29, 1.82) is 0 Å². The van der Waals surface area contributed by atoms with Gasteiger partial charge in [-0.2, -0.15) is 0 Å². The maximum atomic E-state index is 8.80. The van der Waals surface area contributed by atoms with Crippen LogP contribution < -0.4 is 10.6 Å². The number of amidine groups is 1. The summed E-state index contributed by atoms with van der Waals surface area (Å²) in [6.07, 6.45) is 0.914. The van der Waals surface area contributed by atoms with E-state index in [4.69, 9.17) is 15.7 Å². The Labute approximate surface area is 108 Å². The van der Waals surface area contributed by atoms with Gasteiger partial charge in [-0.1, -0.05) is 17.3 Å². The number of nitrogens with two attached hydrogens (primary N) is 1. The second-order valence-corrected chi connectivity index (χ2v) is 4.24. The molecule has 0 radical (unpaired) electrons. The van der Waals surface area contributed by atoms with E-state index in [1.165, 1.54) is 0 Å². The van der Waals surface area contributed by atoms with Gasteiger partial charge in [0.25, 0.3) is 0 Å². The van der Waals surface area contributed by atoms with E-state index < -0.39 is 0 Å². The number of methoxy groups -OCH3 is 1. The fraction of sp³-hybridized carbons (Fsp3) is 0.462. The lowest BCUT2D eigenvalue weighted by Gasteiger charge is -2.28. The lowest BCUT2D eigenvalue weighted by molar-refractivity contribution is 0.189. The lowest BCUT2D eigenvalue weighted by atomic mass is 10.1. The largest absolute Gasteiger partial charge is 0.409 e. The van der Waals surface area contributed by atoms with E-state index >= 15 is 0 Å². The number of anilines is 1. The van der Waals surface area contributed by atoms with Gasteiger partial charge in [0.2, 0.25) is 0 Å². The van der Waals surface area contributed by atoms with Crippen LogP contribution in [0.2, 0.25) is 0 Å². The summed E-state index contributed by atoms with van der Waals surface area (Å²) in [5.74, 6) is 0.122. The van der Waals surface area contributed by atoms with Crippen molar-refractivity contribution in [1.82, 2.24) is 0 Å². The molecule has 0 saturated carbocycles. The van der Waals surface area contributed by atoms with Gasteiger partial charge in [0.05, 0.1) is 0 Å². The summed E-state index contributed by atoms with van der Waals surface area (Å²) >= 11 is 0. The molecule has 100 valence electrons. The fourth-order valence-corrected chi connectivity index (χ4v) is 1.77. The van der Waals surface area contributed by atoms with Gasteiger partial charge in [-0.25, -0.2) is 0 Å². The molecule has 1 unspecified atom stereocenters. The molecule has 0 saturated heterocycles. The third kappa shape index (κ3) is 3.37. The van der Waals surface area contributed by atoms with Crippen molar-refractivity contribution in [2.24, 2.45) is 10.9 Å². The minimum Gasteiger partial charge on any atom is -0.409 e. The van der Waals surface area contributed by atoms with Gasteiger partial charge in [0.15, 0.2) is 5.84 Å². The number of ether oxygens (including phenoxy) is 1. The Morgan fingerprint density at radius 1 is 1.50 bits per heavy atom. The standard InChI is InChI=1S/C13H21N3O2/c1-10(8-9-18-3)16(2)12-7-5-4-6-11(12)13(14)15-17/h4-7,10,17H,8-9H2,1-3H3,(H2,14,15).